The maximum atomic E-state index is 12.2. The van der Waals surface area contributed by atoms with Gasteiger partial charge < -0.3 is 10.2 Å². The molecule has 1 fully saturated rings. The van der Waals surface area contributed by atoms with Gasteiger partial charge in [-0.1, -0.05) is 29.3 Å². The zero-order valence-corrected chi connectivity index (χ0v) is 16.3. The van der Waals surface area contributed by atoms with E-state index in [1.165, 1.54) is 19.3 Å². The first-order valence-corrected chi connectivity index (χ1v) is 9.55. The minimum absolute atomic E-state index is 0.237. The van der Waals surface area contributed by atoms with E-state index in [1.807, 2.05) is 37.3 Å². The fourth-order valence-corrected chi connectivity index (χ4v) is 3.53. The number of halogens is 1. The lowest BCUT2D eigenvalue weighted by Gasteiger charge is -2.29. The number of thiocarbonyl (C=S) groups is 1. The van der Waals surface area contributed by atoms with Crippen LogP contribution < -0.4 is 15.5 Å². The standard InChI is InChI=1S/C20H22ClN3OS/c1-14-5-7-15(8-6-14)19(25)23-20(26)22-16-9-10-18(17(21)13-16)24-11-3-2-4-12-24/h5-10,13H,2-4,11-12H2,1H3,(H2,22,23,25,26). The molecule has 1 aliphatic heterocycles. The van der Waals surface area contributed by atoms with Crippen LogP contribution in [0.25, 0.3) is 0 Å². The van der Waals surface area contributed by atoms with Crippen LogP contribution in [0.2, 0.25) is 5.02 Å². The topological polar surface area (TPSA) is 44.4 Å². The highest BCUT2D eigenvalue weighted by Gasteiger charge is 2.14. The molecule has 0 aliphatic carbocycles. The van der Waals surface area contributed by atoms with Gasteiger partial charge in [0.05, 0.1) is 10.7 Å². The predicted molar refractivity (Wildman–Crippen MR) is 112 cm³/mol. The van der Waals surface area contributed by atoms with Gasteiger partial charge in [0.25, 0.3) is 5.91 Å². The van der Waals surface area contributed by atoms with Gasteiger partial charge >= 0.3 is 0 Å². The molecular formula is C20H22ClN3OS. The summed E-state index contributed by atoms with van der Waals surface area (Å²) in [4.78, 5) is 14.5. The summed E-state index contributed by atoms with van der Waals surface area (Å²) < 4.78 is 0. The molecule has 2 aromatic rings. The molecule has 0 unspecified atom stereocenters. The second kappa shape index (κ2) is 8.52. The number of aryl methyl sites for hydroxylation is 1. The van der Waals surface area contributed by atoms with Gasteiger partial charge in [0.2, 0.25) is 0 Å². The third-order valence-corrected chi connectivity index (χ3v) is 4.95. The maximum Gasteiger partial charge on any atom is 0.257 e. The van der Waals surface area contributed by atoms with Gasteiger partial charge in [-0.25, -0.2) is 0 Å². The minimum atomic E-state index is -0.237. The maximum absolute atomic E-state index is 12.2. The van der Waals surface area contributed by atoms with Gasteiger partial charge in [0.15, 0.2) is 5.11 Å². The zero-order valence-electron chi connectivity index (χ0n) is 14.7. The number of benzene rings is 2. The molecule has 2 N–H and O–H groups in total. The molecule has 3 rings (SSSR count). The van der Waals surface area contributed by atoms with Crippen molar-refractivity contribution in [1.82, 2.24) is 5.32 Å². The van der Waals surface area contributed by atoms with E-state index in [0.717, 1.165) is 30.0 Å². The van der Waals surface area contributed by atoms with Gasteiger partial charge in [-0.05, 0) is 68.7 Å². The SMILES string of the molecule is Cc1ccc(C(=O)NC(=S)Nc2ccc(N3CCCCC3)c(Cl)c2)cc1. The number of rotatable bonds is 3. The molecule has 1 heterocycles. The van der Waals surface area contributed by atoms with Crippen LogP contribution in [0, 0.1) is 6.92 Å². The lowest BCUT2D eigenvalue weighted by molar-refractivity contribution is 0.0977. The highest BCUT2D eigenvalue weighted by molar-refractivity contribution is 7.80. The summed E-state index contributed by atoms with van der Waals surface area (Å²) in [5, 5.41) is 6.64. The van der Waals surface area contributed by atoms with Crippen molar-refractivity contribution < 1.29 is 4.79 Å². The summed E-state index contributed by atoms with van der Waals surface area (Å²) >= 11 is 11.7. The van der Waals surface area contributed by atoms with Crippen molar-refractivity contribution in [2.45, 2.75) is 26.2 Å². The van der Waals surface area contributed by atoms with Crippen molar-refractivity contribution in [2.75, 3.05) is 23.3 Å². The molecule has 6 heteroatoms. The van der Waals surface area contributed by atoms with Crippen molar-refractivity contribution in [3.05, 3.63) is 58.6 Å². The van der Waals surface area contributed by atoms with E-state index in [1.54, 1.807) is 12.1 Å². The number of carbonyl (C=O) groups is 1. The Bertz CT molecular complexity index is 801. The number of piperidine rings is 1. The van der Waals surface area contributed by atoms with Crippen molar-refractivity contribution in [2.24, 2.45) is 0 Å². The summed E-state index contributed by atoms with van der Waals surface area (Å²) in [5.41, 5.74) is 3.47. The molecule has 26 heavy (non-hydrogen) atoms. The molecule has 0 radical (unpaired) electrons. The first-order valence-electron chi connectivity index (χ1n) is 8.76. The molecule has 2 aromatic carbocycles. The summed E-state index contributed by atoms with van der Waals surface area (Å²) in [6.45, 7) is 4.06. The van der Waals surface area contributed by atoms with Crippen LogP contribution in [0.4, 0.5) is 11.4 Å². The molecule has 0 aromatic heterocycles. The normalized spacial score (nSPS) is 14.0. The van der Waals surface area contributed by atoms with Crippen molar-refractivity contribution in [1.29, 1.82) is 0 Å². The Morgan fingerprint density at radius 1 is 1.08 bits per heavy atom. The Labute approximate surface area is 164 Å². The van der Waals surface area contributed by atoms with Crippen molar-refractivity contribution in [3.8, 4) is 0 Å². The molecule has 4 nitrogen and oxygen atoms in total. The molecule has 0 atom stereocenters. The van der Waals surface area contributed by atoms with E-state index >= 15 is 0 Å². The van der Waals surface area contributed by atoms with E-state index in [4.69, 9.17) is 23.8 Å². The summed E-state index contributed by atoms with van der Waals surface area (Å²) in [6, 6.07) is 13.1. The molecule has 1 saturated heterocycles. The zero-order chi connectivity index (χ0) is 18.5. The quantitative estimate of drug-likeness (QED) is 0.745. The fraction of sp³-hybridized carbons (Fsp3) is 0.300. The van der Waals surface area contributed by atoms with Gasteiger partial charge in [-0.15, -0.1) is 0 Å². The van der Waals surface area contributed by atoms with Crippen LogP contribution in [0.1, 0.15) is 35.2 Å². The number of nitrogens with zero attached hydrogens (tertiary/aromatic N) is 1. The number of nitrogens with one attached hydrogen (secondary N) is 2. The number of hydrogen-bond acceptors (Lipinski definition) is 3. The third kappa shape index (κ3) is 4.74. The second-order valence-corrected chi connectivity index (χ2v) is 7.30. The van der Waals surface area contributed by atoms with Crippen molar-refractivity contribution >= 4 is 46.2 Å². The van der Waals surface area contributed by atoms with Crippen LogP contribution in [-0.4, -0.2) is 24.1 Å². The molecule has 136 valence electrons. The molecule has 0 bridgehead atoms. The van der Waals surface area contributed by atoms with E-state index in [-0.39, 0.29) is 11.0 Å². The van der Waals surface area contributed by atoms with Crippen molar-refractivity contribution in [3.63, 3.8) is 0 Å². The lowest BCUT2D eigenvalue weighted by atomic mass is 10.1. The number of anilines is 2. The average molecular weight is 388 g/mol. The third-order valence-electron chi connectivity index (χ3n) is 4.44. The van der Waals surface area contributed by atoms with Gasteiger partial charge in [0.1, 0.15) is 0 Å². The van der Waals surface area contributed by atoms with Crippen LogP contribution in [0.3, 0.4) is 0 Å². The van der Waals surface area contributed by atoms with E-state index in [0.29, 0.717) is 10.6 Å². The molecule has 1 amide bonds. The Morgan fingerprint density at radius 3 is 2.42 bits per heavy atom. The summed E-state index contributed by atoms with van der Waals surface area (Å²) in [6.07, 6.45) is 3.68. The number of amides is 1. The van der Waals surface area contributed by atoms with E-state index in [2.05, 4.69) is 15.5 Å². The Hall–Kier alpha value is -2.11. The van der Waals surface area contributed by atoms with Gasteiger partial charge in [-0.3, -0.25) is 10.1 Å². The second-order valence-electron chi connectivity index (χ2n) is 6.49. The summed E-state index contributed by atoms with van der Waals surface area (Å²) in [5.74, 6) is -0.237. The first kappa shape index (κ1) is 18.7. The minimum Gasteiger partial charge on any atom is -0.370 e. The fourth-order valence-electron chi connectivity index (χ4n) is 3.02. The number of hydrogen-bond donors (Lipinski definition) is 2. The van der Waals surface area contributed by atoms with E-state index in [9.17, 15) is 4.79 Å². The Balaban J connectivity index is 1.61. The van der Waals surface area contributed by atoms with Crippen LogP contribution in [-0.2, 0) is 0 Å². The first-order chi connectivity index (χ1) is 12.5. The van der Waals surface area contributed by atoms with Crippen LogP contribution in [0.15, 0.2) is 42.5 Å². The molecule has 0 saturated carbocycles. The van der Waals surface area contributed by atoms with Gasteiger partial charge in [0, 0.05) is 24.3 Å². The van der Waals surface area contributed by atoms with Crippen LogP contribution in [0.5, 0.6) is 0 Å². The largest absolute Gasteiger partial charge is 0.370 e. The highest BCUT2D eigenvalue weighted by Crippen LogP contribution is 2.30. The smallest absolute Gasteiger partial charge is 0.257 e. The molecule has 1 aliphatic rings. The number of carbonyl (C=O) groups excluding carboxylic acids is 1. The van der Waals surface area contributed by atoms with Crippen LogP contribution >= 0.6 is 23.8 Å². The Morgan fingerprint density at radius 2 is 1.77 bits per heavy atom. The van der Waals surface area contributed by atoms with E-state index < -0.39 is 0 Å². The highest BCUT2D eigenvalue weighted by atomic mass is 35.5. The predicted octanol–water partition coefficient (Wildman–Crippen LogP) is 4.77. The molecular weight excluding hydrogens is 366 g/mol. The monoisotopic (exact) mass is 387 g/mol. The average Bonchev–Trinajstić information content (AvgIpc) is 2.63. The lowest BCUT2D eigenvalue weighted by Crippen LogP contribution is -2.34. The summed E-state index contributed by atoms with van der Waals surface area (Å²) in [7, 11) is 0. The van der Waals surface area contributed by atoms with Gasteiger partial charge in [-0.2, -0.15) is 0 Å². The Kier molecular flexibility index (Phi) is 6.12. The molecule has 0 spiro atoms.